The molecule has 0 bridgehead atoms. The fourth-order valence-corrected chi connectivity index (χ4v) is 5.33. The van der Waals surface area contributed by atoms with E-state index in [1.807, 2.05) is 0 Å². The molecule has 9 nitrogen and oxygen atoms in total. The number of piperazine rings is 1. The molecule has 4 rings (SSSR count). The molecule has 2 N–H and O–H groups in total. The molecule has 1 saturated heterocycles. The summed E-state index contributed by atoms with van der Waals surface area (Å²) in [5.74, 6) is -2.26. The van der Waals surface area contributed by atoms with Crippen molar-refractivity contribution in [2.24, 2.45) is 5.14 Å². The van der Waals surface area contributed by atoms with Crippen LogP contribution in [0.1, 0.15) is 5.82 Å². The van der Waals surface area contributed by atoms with E-state index >= 15 is 0 Å². The number of hydrogen-bond acceptors (Lipinski definition) is 7. The molecule has 1 fully saturated rings. The Morgan fingerprint density at radius 3 is 2.05 bits per heavy atom. The topological polar surface area (TPSA) is 127 Å². The Bertz CT molecular complexity index is 1540. The molecule has 1 aromatic heterocycles. The zero-order valence-electron chi connectivity index (χ0n) is 19.3. The van der Waals surface area contributed by atoms with Crippen molar-refractivity contribution in [2.45, 2.75) is 11.1 Å². The summed E-state index contributed by atoms with van der Waals surface area (Å²) < 4.78 is 104. The van der Waals surface area contributed by atoms with Crippen molar-refractivity contribution in [3.63, 3.8) is 0 Å². The molecule has 15 heteroatoms. The summed E-state index contributed by atoms with van der Waals surface area (Å²) in [7, 11) is -7.69. The Morgan fingerprint density at radius 1 is 0.892 bits per heavy atom. The first kappa shape index (κ1) is 26.9. The van der Waals surface area contributed by atoms with Crippen LogP contribution < -0.4 is 10.0 Å². The van der Waals surface area contributed by atoms with Gasteiger partial charge in [0.15, 0.2) is 0 Å². The number of nitrogens with zero attached hydrogens (tertiary/aromatic N) is 4. The Hall–Kier alpha value is -3.14. The molecule has 1 aliphatic rings. The van der Waals surface area contributed by atoms with E-state index in [9.17, 15) is 34.4 Å². The lowest BCUT2D eigenvalue weighted by Crippen LogP contribution is -2.48. The first-order valence-electron chi connectivity index (χ1n) is 10.7. The summed E-state index contributed by atoms with van der Waals surface area (Å²) in [4.78, 5) is 8.73. The number of hydrogen-bond donors (Lipinski definition) is 1. The van der Waals surface area contributed by atoms with Crippen molar-refractivity contribution >= 4 is 25.9 Å². The Balaban J connectivity index is 2.00. The average Bonchev–Trinajstić information content (AvgIpc) is 2.82. The molecule has 0 saturated carbocycles. The van der Waals surface area contributed by atoms with Gasteiger partial charge in [-0.25, -0.2) is 36.3 Å². The van der Waals surface area contributed by atoms with Crippen molar-refractivity contribution in [2.75, 3.05) is 37.3 Å². The van der Waals surface area contributed by atoms with E-state index in [0.717, 1.165) is 18.4 Å². The lowest BCUT2D eigenvalue weighted by molar-refractivity contribution is -0.144. The van der Waals surface area contributed by atoms with Crippen LogP contribution in [0.3, 0.4) is 0 Å². The minimum absolute atomic E-state index is 0.00607. The van der Waals surface area contributed by atoms with Gasteiger partial charge in [0, 0.05) is 31.7 Å². The second-order valence-electron chi connectivity index (χ2n) is 8.32. The minimum Gasteiger partial charge on any atom is -0.353 e. The lowest BCUT2D eigenvalue weighted by Gasteiger charge is -2.35. The zero-order valence-corrected chi connectivity index (χ0v) is 20.9. The van der Waals surface area contributed by atoms with Gasteiger partial charge in [0.05, 0.1) is 22.4 Å². The van der Waals surface area contributed by atoms with Crippen LogP contribution in [-0.4, -0.2) is 63.5 Å². The molecule has 0 aliphatic carbocycles. The molecular weight excluding hydrogens is 538 g/mol. The lowest BCUT2D eigenvalue weighted by atomic mass is 9.98. The van der Waals surface area contributed by atoms with Crippen LogP contribution in [0.15, 0.2) is 53.4 Å². The van der Waals surface area contributed by atoms with Gasteiger partial charge in [0.25, 0.3) is 0 Å². The molecule has 0 radical (unpaired) electrons. The maximum absolute atomic E-state index is 13.9. The number of sulfonamides is 2. The maximum Gasteiger partial charge on any atom is 0.451 e. The second-order valence-corrected chi connectivity index (χ2v) is 11.9. The summed E-state index contributed by atoms with van der Waals surface area (Å²) in [6.45, 7) is -0.00229. The highest BCUT2D eigenvalue weighted by atomic mass is 32.2. The Morgan fingerprint density at radius 2 is 1.51 bits per heavy atom. The van der Waals surface area contributed by atoms with E-state index in [1.165, 1.54) is 45.6 Å². The molecular formula is C22H21F4N5O4S2. The number of rotatable bonds is 5. The molecule has 0 spiro atoms. The maximum atomic E-state index is 13.9. The zero-order chi connectivity index (χ0) is 27.2. The fraction of sp³-hybridized carbons (Fsp3) is 0.273. The van der Waals surface area contributed by atoms with Crippen molar-refractivity contribution in [1.82, 2.24) is 14.3 Å². The summed E-state index contributed by atoms with van der Waals surface area (Å²) in [6.07, 6.45) is -3.91. The van der Waals surface area contributed by atoms with Crippen LogP contribution in [0.2, 0.25) is 0 Å². The molecule has 2 heterocycles. The number of aromatic nitrogens is 2. The predicted molar refractivity (Wildman–Crippen MR) is 128 cm³/mol. The Kier molecular flexibility index (Phi) is 7.00. The molecule has 3 aromatic rings. The van der Waals surface area contributed by atoms with Gasteiger partial charge in [-0.3, -0.25) is 0 Å². The summed E-state index contributed by atoms with van der Waals surface area (Å²) in [6, 6.07) is 9.85. The quantitative estimate of drug-likeness (QED) is 0.477. The molecule has 2 aromatic carbocycles. The minimum atomic E-state index is -4.95. The summed E-state index contributed by atoms with van der Waals surface area (Å²) >= 11 is 0. The third kappa shape index (κ3) is 5.89. The summed E-state index contributed by atoms with van der Waals surface area (Å²) in [5, 5.41) is 5.27. The van der Waals surface area contributed by atoms with Gasteiger partial charge in [-0.05, 0) is 42.0 Å². The van der Waals surface area contributed by atoms with E-state index in [-0.39, 0.29) is 59.3 Å². The normalized spacial score (nSPS) is 15.7. The highest BCUT2D eigenvalue weighted by Gasteiger charge is 2.38. The number of primary sulfonamides is 1. The third-order valence-corrected chi connectivity index (χ3v) is 7.93. The van der Waals surface area contributed by atoms with Crippen molar-refractivity contribution < 1.29 is 34.4 Å². The van der Waals surface area contributed by atoms with E-state index in [4.69, 9.17) is 5.14 Å². The van der Waals surface area contributed by atoms with E-state index in [0.29, 0.717) is 0 Å². The molecule has 0 unspecified atom stereocenters. The molecule has 198 valence electrons. The van der Waals surface area contributed by atoms with Crippen LogP contribution in [0.25, 0.3) is 22.4 Å². The van der Waals surface area contributed by atoms with Gasteiger partial charge in [0.2, 0.25) is 25.9 Å². The highest BCUT2D eigenvalue weighted by Crippen LogP contribution is 2.41. The third-order valence-electron chi connectivity index (χ3n) is 5.72. The van der Waals surface area contributed by atoms with Crippen molar-refractivity contribution in [1.29, 1.82) is 0 Å². The van der Waals surface area contributed by atoms with Gasteiger partial charge in [-0.1, -0.05) is 12.1 Å². The van der Waals surface area contributed by atoms with Gasteiger partial charge >= 0.3 is 6.18 Å². The highest BCUT2D eigenvalue weighted by molar-refractivity contribution is 7.89. The van der Waals surface area contributed by atoms with Crippen LogP contribution in [0.5, 0.6) is 0 Å². The van der Waals surface area contributed by atoms with E-state index in [1.54, 1.807) is 0 Å². The number of alkyl halides is 3. The molecule has 1 aliphatic heterocycles. The second kappa shape index (κ2) is 9.63. The van der Waals surface area contributed by atoms with Crippen LogP contribution in [0.4, 0.5) is 23.4 Å². The fourth-order valence-electron chi connectivity index (χ4n) is 3.95. The predicted octanol–water partition coefficient (Wildman–Crippen LogP) is 2.70. The molecule has 0 amide bonds. The van der Waals surface area contributed by atoms with Gasteiger partial charge in [0.1, 0.15) is 11.6 Å². The number of nitrogens with two attached hydrogens (primary N) is 1. The van der Waals surface area contributed by atoms with E-state index < -0.39 is 37.9 Å². The van der Waals surface area contributed by atoms with Gasteiger partial charge < -0.3 is 4.90 Å². The average molecular weight is 560 g/mol. The van der Waals surface area contributed by atoms with Gasteiger partial charge in [-0.15, -0.1) is 0 Å². The largest absolute Gasteiger partial charge is 0.451 e. The smallest absolute Gasteiger partial charge is 0.353 e. The van der Waals surface area contributed by atoms with Crippen LogP contribution in [-0.2, 0) is 26.2 Å². The number of benzene rings is 2. The molecule has 37 heavy (non-hydrogen) atoms. The first-order chi connectivity index (χ1) is 17.1. The Labute approximate surface area is 210 Å². The van der Waals surface area contributed by atoms with Crippen molar-refractivity contribution in [3.05, 3.63) is 60.2 Å². The van der Waals surface area contributed by atoms with Crippen molar-refractivity contribution in [3.8, 4) is 22.4 Å². The summed E-state index contributed by atoms with van der Waals surface area (Å²) in [5.41, 5.74) is 0.119. The molecule has 0 atom stereocenters. The van der Waals surface area contributed by atoms with Crippen LogP contribution >= 0.6 is 0 Å². The standard InChI is InChI=1S/C22H21F4N5O4S2/c1-36(32,33)31-11-9-30(10-12-31)20-18(15-3-2-4-17(13-15)37(27,34)35)19(14-5-7-16(23)8-6-14)28-21(29-20)22(24,25)26/h2-8,13H,9-12H2,1H3,(H2,27,34,35). The van der Waals surface area contributed by atoms with Gasteiger partial charge in [-0.2, -0.15) is 17.5 Å². The first-order valence-corrected chi connectivity index (χ1v) is 14.1. The van der Waals surface area contributed by atoms with Crippen LogP contribution in [0, 0.1) is 5.82 Å². The van der Waals surface area contributed by atoms with E-state index in [2.05, 4.69) is 9.97 Å². The SMILES string of the molecule is CS(=O)(=O)N1CCN(c2nc(C(F)(F)F)nc(-c3ccc(F)cc3)c2-c2cccc(S(N)(=O)=O)c2)CC1. The number of anilines is 1. The number of halogens is 4. The monoisotopic (exact) mass is 559 g/mol.